The van der Waals surface area contributed by atoms with Gasteiger partial charge in [-0.15, -0.1) is 0 Å². The number of aryl methyl sites for hydroxylation is 1. The molecule has 0 radical (unpaired) electrons. The van der Waals surface area contributed by atoms with Crippen molar-refractivity contribution in [3.8, 4) is 0 Å². The standard InChI is InChI=1S/C20H17ClN2O3S/c1-14-5-2-3-8-19(14)22-20(24)15-6-4-7-17(13-15)23-27(25,26)18-11-9-16(21)10-12-18/h2-13,23H,1H3,(H,22,24). The molecule has 7 heteroatoms. The normalized spacial score (nSPS) is 11.0. The third kappa shape index (κ3) is 4.67. The summed E-state index contributed by atoms with van der Waals surface area (Å²) in [6, 6.07) is 19.6. The molecule has 1 amide bonds. The maximum atomic E-state index is 12.5. The lowest BCUT2D eigenvalue weighted by Gasteiger charge is -2.11. The first-order chi connectivity index (χ1) is 12.8. The van der Waals surface area contributed by atoms with Gasteiger partial charge in [0, 0.05) is 22.0 Å². The van der Waals surface area contributed by atoms with Crippen molar-refractivity contribution in [3.05, 3.63) is 88.9 Å². The smallest absolute Gasteiger partial charge is 0.261 e. The van der Waals surface area contributed by atoms with Crippen molar-refractivity contribution >= 4 is 38.9 Å². The van der Waals surface area contributed by atoms with Gasteiger partial charge in [-0.1, -0.05) is 35.9 Å². The zero-order chi connectivity index (χ0) is 19.4. The van der Waals surface area contributed by atoms with Crippen LogP contribution in [0.4, 0.5) is 11.4 Å². The van der Waals surface area contributed by atoms with Crippen LogP contribution in [0.15, 0.2) is 77.7 Å². The Hall–Kier alpha value is -2.83. The second kappa shape index (κ2) is 7.82. The summed E-state index contributed by atoms with van der Waals surface area (Å²) in [6.07, 6.45) is 0. The Labute approximate surface area is 163 Å². The number of sulfonamides is 1. The number of para-hydroxylation sites is 1. The molecule has 0 unspecified atom stereocenters. The molecular formula is C20H17ClN2O3S. The summed E-state index contributed by atoms with van der Waals surface area (Å²) in [7, 11) is -3.78. The Morgan fingerprint density at radius 2 is 1.63 bits per heavy atom. The number of carbonyl (C=O) groups is 1. The predicted molar refractivity (Wildman–Crippen MR) is 108 cm³/mol. The second-order valence-corrected chi connectivity index (χ2v) is 8.03. The highest BCUT2D eigenvalue weighted by molar-refractivity contribution is 7.92. The Kier molecular flexibility index (Phi) is 5.48. The SMILES string of the molecule is Cc1ccccc1NC(=O)c1cccc(NS(=O)(=O)c2ccc(Cl)cc2)c1. The van der Waals surface area contributed by atoms with Crippen molar-refractivity contribution in [2.75, 3.05) is 10.0 Å². The molecule has 0 spiro atoms. The van der Waals surface area contributed by atoms with Gasteiger partial charge < -0.3 is 5.32 Å². The number of rotatable bonds is 5. The Morgan fingerprint density at radius 3 is 2.33 bits per heavy atom. The maximum absolute atomic E-state index is 12.5. The molecule has 0 aromatic heterocycles. The van der Waals surface area contributed by atoms with E-state index < -0.39 is 10.0 Å². The molecule has 3 aromatic rings. The summed E-state index contributed by atoms with van der Waals surface area (Å²) in [5.74, 6) is -0.322. The van der Waals surface area contributed by atoms with E-state index in [1.807, 2.05) is 25.1 Å². The summed E-state index contributed by atoms with van der Waals surface area (Å²) >= 11 is 5.80. The van der Waals surface area contributed by atoms with Gasteiger partial charge >= 0.3 is 0 Å². The first kappa shape index (κ1) is 18.9. The Morgan fingerprint density at radius 1 is 0.926 bits per heavy atom. The number of nitrogens with one attached hydrogen (secondary N) is 2. The summed E-state index contributed by atoms with van der Waals surface area (Å²) in [6.45, 7) is 1.90. The van der Waals surface area contributed by atoms with E-state index in [1.165, 1.54) is 30.3 Å². The number of halogens is 1. The molecule has 0 fully saturated rings. The molecule has 0 aliphatic rings. The van der Waals surface area contributed by atoms with E-state index in [0.717, 1.165) is 5.56 Å². The van der Waals surface area contributed by atoms with Gasteiger partial charge in [0.2, 0.25) is 0 Å². The quantitative estimate of drug-likeness (QED) is 0.651. The predicted octanol–water partition coefficient (Wildman–Crippen LogP) is 4.70. The number of hydrogen-bond acceptors (Lipinski definition) is 3. The molecule has 3 rings (SSSR count). The Balaban J connectivity index is 1.80. The van der Waals surface area contributed by atoms with Crippen LogP contribution in [0.3, 0.4) is 0 Å². The van der Waals surface area contributed by atoms with Crippen LogP contribution in [0.1, 0.15) is 15.9 Å². The minimum Gasteiger partial charge on any atom is -0.322 e. The molecule has 0 saturated carbocycles. The minimum atomic E-state index is -3.78. The molecule has 0 bridgehead atoms. The summed E-state index contributed by atoms with van der Waals surface area (Å²) in [4.78, 5) is 12.6. The molecule has 0 aliphatic carbocycles. The lowest BCUT2D eigenvalue weighted by atomic mass is 10.1. The highest BCUT2D eigenvalue weighted by Crippen LogP contribution is 2.20. The van der Waals surface area contributed by atoms with Crippen molar-refractivity contribution in [1.29, 1.82) is 0 Å². The molecule has 0 saturated heterocycles. The van der Waals surface area contributed by atoms with Gasteiger partial charge in [0.1, 0.15) is 0 Å². The van der Waals surface area contributed by atoms with Gasteiger partial charge in [-0.05, 0) is 61.0 Å². The fraction of sp³-hybridized carbons (Fsp3) is 0.0500. The third-order valence-corrected chi connectivity index (χ3v) is 5.54. The van der Waals surface area contributed by atoms with Gasteiger partial charge in [0.05, 0.1) is 4.90 Å². The first-order valence-corrected chi connectivity index (χ1v) is 9.97. The van der Waals surface area contributed by atoms with Crippen LogP contribution >= 0.6 is 11.6 Å². The van der Waals surface area contributed by atoms with Crippen molar-refractivity contribution in [2.45, 2.75) is 11.8 Å². The van der Waals surface area contributed by atoms with Crippen LogP contribution < -0.4 is 10.0 Å². The monoisotopic (exact) mass is 400 g/mol. The van der Waals surface area contributed by atoms with Crippen LogP contribution in [0.25, 0.3) is 0 Å². The molecule has 2 N–H and O–H groups in total. The van der Waals surface area contributed by atoms with Crippen LogP contribution in [0, 0.1) is 6.92 Å². The van der Waals surface area contributed by atoms with E-state index in [-0.39, 0.29) is 10.8 Å². The fourth-order valence-electron chi connectivity index (χ4n) is 2.46. The van der Waals surface area contributed by atoms with E-state index in [2.05, 4.69) is 10.0 Å². The number of benzene rings is 3. The number of carbonyl (C=O) groups excluding carboxylic acids is 1. The Bertz CT molecular complexity index is 1080. The fourth-order valence-corrected chi connectivity index (χ4v) is 3.63. The van der Waals surface area contributed by atoms with E-state index in [4.69, 9.17) is 11.6 Å². The van der Waals surface area contributed by atoms with Gasteiger partial charge in [-0.25, -0.2) is 8.42 Å². The van der Waals surface area contributed by atoms with Crippen LogP contribution in [-0.4, -0.2) is 14.3 Å². The minimum absolute atomic E-state index is 0.0849. The molecule has 3 aromatic carbocycles. The number of anilines is 2. The summed E-state index contributed by atoms with van der Waals surface area (Å²) in [5, 5.41) is 3.27. The average Bonchev–Trinajstić information content (AvgIpc) is 2.64. The van der Waals surface area contributed by atoms with E-state index >= 15 is 0 Å². The molecule has 0 heterocycles. The lowest BCUT2D eigenvalue weighted by molar-refractivity contribution is 0.102. The van der Waals surface area contributed by atoms with Crippen molar-refractivity contribution in [2.24, 2.45) is 0 Å². The number of amides is 1. The highest BCUT2D eigenvalue weighted by atomic mass is 35.5. The lowest BCUT2D eigenvalue weighted by Crippen LogP contribution is -2.15. The molecule has 5 nitrogen and oxygen atoms in total. The largest absolute Gasteiger partial charge is 0.322 e. The second-order valence-electron chi connectivity index (χ2n) is 5.91. The summed E-state index contributed by atoms with van der Waals surface area (Å²) in [5.41, 5.74) is 2.28. The van der Waals surface area contributed by atoms with Gasteiger partial charge in [-0.3, -0.25) is 9.52 Å². The van der Waals surface area contributed by atoms with Crippen molar-refractivity contribution < 1.29 is 13.2 Å². The average molecular weight is 401 g/mol. The topological polar surface area (TPSA) is 75.3 Å². The summed E-state index contributed by atoms with van der Waals surface area (Å²) < 4.78 is 27.4. The molecule has 27 heavy (non-hydrogen) atoms. The molecular weight excluding hydrogens is 384 g/mol. The highest BCUT2D eigenvalue weighted by Gasteiger charge is 2.15. The van der Waals surface area contributed by atoms with Crippen molar-refractivity contribution in [1.82, 2.24) is 0 Å². The zero-order valence-electron chi connectivity index (χ0n) is 14.4. The molecule has 0 aliphatic heterocycles. The van der Waals surface area contributed by atoms with Gasteiger partial charge in [0.15, 0.2) is 0 Å². The van der Waals surface area contributed by atoms with Crippen LogP contribution in [0.2, 0.25) is 5.02 Å². The third-order valence-electron chi connectivity index (χ3n) is 3.89. The maximum Gasteiger partial charge on any atom is 0.261 e. The van der Waals surface area contributed by atoms with Crippen molar-refractivity contribution in [3.63, 3.8) is 0 Å². The van der Waals surface area contributed by atoms with E-state index in [1.54, 1.807) is 24.3 Å². The first-order valence-electron chi connectivity index (χ1n) is 8.10. The zero-order valence-corrected chi connectivity index (χ0v) is 16.0. The van der Waals surface area contributed by atoms with Crippen LogP contribution in [-0.2, 0) is 10.0 Å². The molecule has 138 valence electrons. The van der Waals surface area contributed by atoms with Crippen LogP contribution in [0.5, 0.6) is 0 Å². The van der Waals surface area contributed by atoms with E-state index in [0.29, 0.717) is 22.0 Å². The van der Waals surface area contributed by atoms with Gasteiger partial charge in [-0.2, -0.15) is 0 Å². The number of hydrogen-bond donors (Lipinski definition) is 2. The van der Waals surface area contributed by atoms with E-state index in [9.17, 15) is 13.2 Å². The molecule has 0 atom stereocenters. The van der Waals surface area contributed by atoms with Gasteiger partial charge in [0.25, 0.3) is 15.9 Å².